The normalized spacial score (nSPS) is 39.3. The molecule has 1 aromatic rings. The van der Waals surface area contributed by atoms with Crippen molar-refractivity contribution in [3.8, 4) is 0 Å². The Morgan fingerprint density at radius 1 is 1.18 bits per heavy atom. The highest BCUT2D eigenvalue weighted by Gasteiger charge is 2.59. The van der Waals surface area contributed by atoms with Crippen LogP contribution in [-0.2, 0) is 0 Å². The molecule has 2 aliphatic rings. The summed E-state index contributed by atoms with van der Waals surface area (Å²) in [6.45, 7) is 4.72. The molecule has 88 valence electrons. The van der Waals surface area contributed by atoms with Crippen molar-refractivity contribution in [1.82, 2.24) is 0 Å². The van der Waals surface area contributed by atoms with Crippen molar-refractivity contribution < 1.29 is 0 Å². The first-order valence-corrected chi connectivity index (χ1v) is 6.66. The molecule has 0 heteroatoms. The van der Waals surface area contributed by atoms with Crippen LogP contribution < -0.4 is 0 Å². The van der Waals surface area contributed by atoms with E-state index in [1.165, 1.54) is 12.0 Å². The van der Waals surface area contributed by atoms with Crippen LogP contribution in [0.5, 0.6) is 0 Å². The van der Waals surface area contributed by atoms with Crippen molar-refractivity contribution >= 4 is 6.08 Å². The Bertz CT molecular complexity index is 454. The summed E-state index contributed by atoms with van der Waals surface area (Å²) in [4.78, 5) is 0. The Morgan fingerprint density at radius 2 is 1.94 bits per heavy atom. The Balaban J connectivity index is 1.82. The highest BCUT2D eigenvalue weighted by Crippen LogP contribution is 2.65. The Morgan fingerprint density at radius 3 is 2.65 bits per heavy atom. The van der Waals surface area contributed by atoms with Gasteiger partial charge in [-0.05, 0) is 29.7 Å². The molecular weight excluding hydrogens is 204 g/mol. The molecule has 0 nitrogen and oxygen atoms in total. The summed E-state index contributed by atoms with van der Waals surface area (Å²) < 4.78 is 0. The molecule has 0 bridgehead atoms. The first-order valence-electron chi connectivity index (χ1n) is 6.66. The summed E-state index contributed by atoms with van der Waals surface area (Å²) in [7, 11) is 0. The maximum Gasteiger partial charge on any atom is 0.0124 e. The SMILES string of the molecule is C[C@@H]1[C@@H]2C[C@@H](C)C=C[C@]12/C=C/c1ccccc1. The maximum atomic E-state index is 2.45. The van der Waals surface area contributed by atoms with Gasteiger partial charge in [0, 0.05) is 5.41 Å². The summed E-state index contributed by atoms with van der Waals surface area (Å²) in [6, 6.07) is 10.6. The van der Waals surface area contributed by atoms with Gasteiger partial charge in [0.1, 0.15) is 0 Å². The summed E-state index contributed by atoms with van der Waals surface area (Å²) in [5.74, 6) is 2.47. The lowest BCUT2D eigenvalue weighted by molar-refractivity contribution is 0.512. The maximum absolute atomic E-state index is 2.45. The number of hydrogen-bond donors (Lipinski definition) is 0. The second kappa shape index (κ2) is 3.87. The minimum Gasteiger partial charge on any atom is -0.0848 e. The molecule has 0 N–H and O–H groups in total. The van der Waals surface area contributed by atoms with Gasteiger partial charge >= 0.3 is 0 Å². The van der Waals surface area contributed by atoms with Crippen LogP contribution in [0, 0.1) is 23.2 Å². The number of rotatable bonds is 2. The Labute approximate surface area is 104 Å². The molecular formula is C17H20. The van der Waals surface area contributed by atoms with Gasteiger partial charge in [0.2, 0.25) is 0 Å². The lowest BCUT2D eigenvalue weighted by atomic mass is 9.89. The van der Waals surface area contributed by atoms with E-state index in [0.717, 1.165) is 17.8 Å². The molecule has 0 heterocycles. The van der Waals surface area contributed by atoms with E-state index in [9.17, 15) is 0 Å². The number of allylic oxidation sites excluding steroid dienone is 3. The van der Waals surface area contributed by atoms with Crippen molar-refractivity contribution in [2.24, 2.45) is 23.2 Å². The fourth-order valence-corrected chi connectivity index (χ4v) is 3.34. The van der Waals surface area contributed by atoms with E-state index in [1.807, 2.05) is 0 Å². The van der Waals surface area contributed by atoms with E-state index in [2.05, 4.69) is 68.5 Å². The predicted molar refractivity (Wildman–Crippen MR) is 73.5 cm³/mol. The minimum atomic E-state index is 0.377. The summed E-state index contributed by atoms with van der Waals surface area (Å²) in [6.07, 6.45) is 10.9. The van der Waals surface area contributed by atoms with Crippen LogP contribution in [0.25, 0.3) is 6.08 Å². The molecule has 17 heavy (non-hydrogen) atoms. The highest BCUT2D eigenvalue weighted by atomic mass is 14.6. The second-order valence-corrected chi connectivity index (χ2v) is 5.71. The molecule has 0 spiro atoms. The second-order valence-electron chi connectivity index (χ2n) is 5.71. The van der Waals surface area contributed by atoms with Gasteiger partial charge in [-0.1, -0.05) is 68.5 Å². The largest absolute Gasteiger partial charge is 0.0848 e. The third-order valence-corrected chi connectivity index (χ3v) is 4.63. The van der Waals surface area contributed by atoms with Gasteiger partial charge in [0.25, 0.3) is 0 Å². The molecule has 0 unspecified atom stereocenters. The lowest BCUT2D eigenvalue weighted by Gasteiger charge is -2.16. The van der Waals surface area contributed by atoms with Crippen molar-refractivity contribution in [2.75, 3.05) is 0 Å². The average Bonchev–Trinajstić information content (AvgIpc) is 2.94. The Hall–Kier alpha value is -1.30. The Kier molecular flexibility index (Phi) is 2.47. The molecule has 0 amide bonds. The van der Waals surface area contributed by atoms with E-state index in [0.29, 0.717) is 5.41 Å². The lowest BCUT2D eigenvalue weighted by Crippen LogP contribution is -2.06. The minimum absolute atomic E-state index is 0.377. The van der Waals surface area contributed by atoms with E-state index in [4.69, 9.17) is 0 Å². The average molecular weight is 224 g/mol. The van der Waals surface area contributed by atoms with Crippen LogP contribution in [0.2, 0.25) is 0 Å². The van der Waals surface area contributed by atoms with Crippen LogP contribution in [0.1, 0.15) is 25.8 Å². The van der Waals surface area contributed by atoms with E-state index < -0.39 is 0 Å². The summed E-state index contributed by atoms with van der Waals surface area (Å²) >= 11 is 0. The molecule has 3 rings (SSSR count). The van der Waals surface area contributed by atoms with E-state index in [1.54, 1.807) is 0 Å². The van der Waals surface area contributed by atoms with Gasteiger partial charge in [-0.15, -0.1) is 0 Å². The van der Waals surface area contributed by atoms with Gasteiger partial charge in [0.15, 0.2) is 0 Å². The molecule has 1 saturated carbocycles. The smallest absolute Gasteiger partial charge is 0.0124 e. The van der Waals surface area contributed by atoms with Gasteiger partial charge in [0.05, 0.1) is 0 Å². The van der Waals surface area contributed by atoms with Crippen molar-refractivity contribution in [3.05, 3.63) is 54.1 Å². The van der Waals surface area contributed by atoms with Crippen molar-refractivity contribution in [3.63, 3.8) is 0 Å². The number of fused-ring (bicyclic) bond motifs is 1. The first-order chi connectivity index (χ1) is 8.22. The standard InChI is InChI=1S/C17H20/c1-13-8-10-17(14(2)16(17)12-13)11-9-15-6-4-3-5-7-15/h3-11,13-14,16H,12H2,1-2H3/b11-9+/t13-,14+,16-,17-/m0/s1. The van der Waals surface area contributed by atoms with Crippen LogP contribution >= 0.6 is 0 Å². The molecule has 2 aliphatic carbocycles. The zero-order valence-corrected chi connectivity index (χ0v) is 10.6. The van der Waals surface area contributed by atoms with E-state index in [-0.39, 0.29) is 0 Å². The third kappa shape index (κ3) is 1.76. The quantitative estimate of drug-likeness (QED) is 0.647. The predicted octanol–water partition coefficient (Wildman–Crippen LogP) is 4.55. The summed E-state index contributed by atoms with van der Waals surface area (Å²) in [5.41, 5.74) is 1.69. The number of hydrogen-bond acceptors (Lipinski definition) is 0. The monoisotopic (exact) mass is 224 g/mol. The van der Waals surface area contributed by atoms with Gasteiger partial charge < -0.3 is 0 Å². The van der Waals surface area contributed by atoms with Crippen LogP contribution in [-0.4, -0.2) is 0 Å². The van der Waals surface area contributed by atoms with Gasteiger partial charge in [-0.25, -0.2) is 0 Å². The van der Waals surface area contributed by atoms with Crippen LogP contribution in [0.4, 0.5) is 0 Å². The molecule has 0 aromatic heterocycles. The van der Waals surface area contributed by atoms with Crippen molar-refractivity contribution in [2.45, 2.75) is 20.3 Å². The topological polar surface area (TPSA) is 0 Å². The van der Waals surface area contributed by atoms with Crippen molar-refractivity contribution in [1.29, 1.82) is 0 Å². The number of benzene rings is 1. The van der Waals surface area contributed by atoms with E-state index >= 15 is 0 Å². The van der Waals surface area contributed by atoms with Gasteiger partial charge in [-0.2, -0.15) is 0 Å². The zero-order valence-electron chi connectivity index (χ0n) is 10.6. The molecule has 0 aliphatic heterocycles. The molecule has 4 atom stereocenters. The fourth-order valence-electron chi connectivity index (χ4n) is 3.34. The molecule has 1 aromatic carbocycles. The fraction of sp³-hybridized carbons (Fsp3) is 0.412. The summed E-state index contributed by atoms with van der Waals surface area (Å²) in [5, 5.41) is 0. The first kappa shape index (κ1) is 10.8. The molecule has 0 radical (unpaired) electrons. The third-order valence-electron chi connectivity index (χ3n) is 4.63. The zero-order chi connectivity index (χ0) is 11.9. The van der Waals surface area contributed by atoms with Gasteiger partial charge in [-0.3, -0.25) is 0 Å². The highest BCUT2D eigenvalue weighted by molar-refractivity contribution is 5.52. The molecule has 0 saturated heterocycles. The molecule has 1 fully saturated rings. The van der Waals surface area contributed by atoms with Crippen LogP contribution in [0.15, 0.2) is 48.6 Å². The van der Waals surface area contributed by atoms with Crippen LogP contribution in [0.3, 0.4) is 0 Å².